The second-order valence-corrected chi connectivity index (χ2v) is 10.1. The van der Waals surface area contributed by atoms with Crippen molar-refractivity contribution in [2.45, 2.75) is 12.2 Å². The van der Waals surface area contributed by atoms with E-state index in [2.05, 4.69) is 36.8 Å². The molecular formula is C20H17BrCl2N4O2S2. The van der Waals surface area contributed by atoms with Gasteiger partial charge in [-0.05, 0) is 35.9 Å². The number of hydrogen-bond donors (Lipinski definition) is 2. The number of aromatic nitrogens is 2. The quantitative estimate of drug-likeness (QED) is 0.364. The number of amides is 2. The van der Waals surface area contributed by atoms with Crippen molar-refractivity contribution in [1.29, 1.82) is 0 Å². The molecular weight excluding hydrogens is 543 g/mol. The second kappa shape index (κ2) is 11.8. The molecule has 3 aromatic rings. The van der Waals surface area contributed by atoms with Crippen molar-refractivity contribution in [1.82, 2.24) is 15.5 Å². The number of benzene rings is 2. The number of nitrogens with one attached hydrogen (secondary N) is 2. The van der Waals surface area contributed by atoms with Crippen LogP contribution in [0.1, 0.15) is 20.9 Å². The summed E-state index contributed by atoms with van der Waals surface area (Å²) >= 11 is 18.0. The van der Waals surface area contributed by atoms with Crippen molar-refractivity contribution >= 4 is 79.2 Å². The third-order valence-corrected chi connectivity index (χ3v) is 7.04. The minimum absolute atomic E-state index is 0.154. The Hall–Kier alpha value is -1.65. The zero-order valence-corrected chi connectivity index (χ0v) is 20.8. The summed E-state index contributed by atoms with van der Waals surface area (Å²) in [7, 11) is 0. The van der Waals surface area contributed by atoms with Gasteiger partial charge in [-0.3, -0.25) is 14.9 Å². The van der Waals surface area contributed by atoms with E-state index in [1.54, 1.807) is 24.3 Å². The van der Waals surface area contributed by atoms with E-state index >= 15 is 0 Å². The van der Waals surface area contributed by atoms with Crippen LogP contribution in [0.5, 0.6) is 0 Å². The number of thioether (sulfide) groups is 1. The van der Waals surface area contributed by atoms with Crippen LogP contribution in [-0.2, 0) is 17.0 Å². The van der Waals surface area contributed by atoms with Crippen LogP contribution >= 0.6 is 62.2 Å². The number of anilines is 1. The van der Waals surface area contributed by atoms with Crippen LogP contribution in [0.15, 0.2) is 46.9 Å². The summed E-state index contributed by atoms with van der Waals surface area (Å²) in [5.74, 6) is 0.607. The number of nitrogens with zero attached hydrogens (tertiary/aromatic N) is 2. The van der Waals surface area contributed by atoms with Gasteiger partial charge in [0.05, 0.1) is 15.8 Å². The Balaban J connectivity index is 1.38. The molecule has 0 aliphatic carbocycles. The van der Waals surface area contributed by atoms with Gasteiger partial charge in [0.1, 0.15) is 5.01 Å². The van der Waals surface area contributed by atoms with Crippen molar-refractivity contribution < 1.29 is 9.59 Å². The topological polar surface area (TPSA) is 84.0 Å². The number of carbonyl (C=O) groups excluding carboxylic acids is 2. The van der Waals surface area contributed by atoms with E-state index in [9.17, 15) is 9.59 Å². The molecule has 0 unspecified atom stereocenters. The van der Waals surface area contributed by atoms with Crippen LogP contribution in [-0.4, -0.2) is 34.3 Å². The molecule has 0 saturated heterocycles. The van der Waals surface area contributed by atoms with Crippen molar-refractivity contribution in [2.24, 2.45) is 0 Å². The highest BCUT2D eigenvalue weighted by Gasteiger charge is 2.10. The van der Waals surface area contributed by atoms with Crippen LogP contribution in [0.3, 0.4) is 0 Å². The summed E-state index contributed by atoms with van der Waals surface area (Å²) in [6.45, 7) is 0.424. The Bertz CT molecular complexity index is 1080. The lowest BCUT2D eigenvalue weighted by atomic mass is 10.2. The van der Waals surface area contributed by atoms with Gasteiger partial charge in [-0.2, -0.15) is 0 Å². The van der Waals surface area contributed by atoms with Crippen LogP contribution in [0.4, 0.5) is 5.13 Å². The van der Waals surface area contributed by atoms with Crippen LogP contribution < -0.4 is 10.6 Å². The maximum Gasteiger partial charge on any atom is 0.251 e. The molecule has 0 saturated carbocycles. The lowest BCUT2D eigenvalue weighted by Gasteiger charge is -2.04. The first-order valence-electron chi connectivity index (χ1n) is 9.08. The summed E-state index contributed by atoms with van der Waals surface area (Å²) in [5.41, 5.74) is 1.58. The van der Waals surface area contributed by atoms with Crippen LogP contribution in [0.2, 0.25) is 10.0 Å². The molecule has 31 heavy (non-hydrogen) atoms. The lowest BCUT2D eigenvalue weighted by Crippen LogP contribution is -2.25. The van der Waals surface area contributed by atoms with Gasteiger partial charge < -0.3 is 5.32 Å². The molecule has 2 N–H and O–H groups in total. The van der Waals surface area contributed by atoms with Gasteiger partial charge in [-0.15, -0.1) is 22.0 Å². The number of carbonyl (C=O) groups is 2. The molecule has 0 spiro atoms. The highest BCUT2D eigenvalue weighted by Crippen LogP contribution is 2.25. The van der Waals surface area contributed by atoms with E-state index in [0.29, 0.717) is 39.5 Å². The number of rotatable bonds is 9. The van der Waals surface area contributed by atoms with Gasteiger partial charge in [-0.1, -0.05) is 62.6 Å². The van der Waals surface area contributed by atoms with Crippen LogP contribution in [0, 0.1) is 0 Å². The number of halogens is 3. The summed E-state index contributed by atoms with van der Waals surface area (Å²) in [5, 5.41) is 15.8. The maximum atomic E-state index is 12.1. The average molecular weight is 560 g/mol. The predicted octanol–water partition coefficient (Wildman–Crippen LogP) is 5.45. The summed E-state index contributed by atoms with van der Waals surface area (Å²) < 4.78 is 0.847. The molecule has 1 heterocycles. The van der Waals surface area contributed by atoms with E-state index in [-0.39, 0.29) is 17.6 Å². The van der Waals surface area contributed by atoms with Gasteiger partial charge in [0.2, 0.25) is 11.0 Å². The molecule has 0 radical (unpaired) electrons. The number of hydrogen-bond acceptors (Lipinski definition) is 6. The van der Waals surface area contributed by atoms with Gasteiger partial charge in [-0.25, -0.2) is 0 Å². The summed E-state index contributed by atoms with van der Waals surface area (Å²) in [6, 6.07) is 12.6. The molecule has 1 aromatic heterocycles. The van der Waals surface area contributed by atoms with Crippen molar-refractivity contribution in [3.05, 3.63) is 73.1 Å². The molecule has 6 nitrogen and oxygen atoms in total. The Kier molecular flexibility index (Phi) is 9.15. The fourth-order valence-electron chi connectivity index (χ4n) is 2.47. The monoisotopic (exact) mass is 558 g/mol. The van der Waals surface area contributed by atoms with E-state index in [4.69, 9.17) is 23.2 Å². The first-order valence-corrected chi connectivity index (χ1v) is 12.6. The molecule has 0 aliphatic heterocycles. The molecule has 11 heteroatoms. The third-order valence-electron chi connectivity index (χ3n) is 3.91. The van der Waals surface area contributed by atoms with Crippen molar-refractivity contribution in [3.8, 4) is 0 Å². The average Bonchev–Trinajstić information content (AvgIpc) is 3.17. The molecule has 2 aromatic carbocycles. The van der Waals surface area contributed by atoms with Gasteiger partial charge >= 0.3 is 0 Å². The SMILES string of the molecule is O=C(CSCc1ccc(Cl)c(Cl)c1)Nc1nnc(CCNC(=O)c2cccc(Br)c2)s1. The molecule has 0 atom stereocenters. The first kappa shape index (κ1) is 24.0. The summed E-state index contributed by atoms with van der Waals surface area (Å²) in [4.78, 5) is 24.3. The molecule has 0 fully saturated rings. The fourth-order valence-corrected chi connectivity index (χ4v) is 4.72. The summed E-state index contributed by atoms with van der Waals surface area (Å²) in [6.07, 6.45) is 0.527. The second-order valence-electron chi connectivity index (χ2n) is 6.31. The molecule has 162 valence electrons. The zero-order valence-electron chi connectivity index (χ0n) is 16.0. The molecule has 2 amide bonds. The Morgan fingerprint density at radius 1 is 1.10 bits per heavy atom. The highest BCUT2D eigenvalue weighted by atomic mass is 79.9. The molecule has 3 rings (SSSR count). The minimum Gasteiger partial charge on any atom is -0.352 e. The standard InChI is InChI=1S/C20H17BrCl2N4O2S2/c21-14-3-1-2-13(9-14)19(29)24-7-6-18-26-27-20(31-18)25-17(28)11-30-10-12-4-5-15(22)16(23)8-12/h1-5,8-9H,6-7,10-11H2,(H,24,29)(H,25,27,28). The van der Waals surface area contributed by atoms with E-state index < -0.39 is 0 Å². The highest BCUT2D eigenvalue weighted by molar-refractivity contribution is 9.10. The predicted molar refractivity (Wildman–Crippen MR) is 131 cm³/mol. The molecule has 0 bridgehead atoms. The van der Waals surface area contributed by atoms with Gasteiger partial charge in [0.15, 0.2) is 0 Å². The van der Waals surface area contributed by atoms with Crippen molar-refractivity contribution in [3.63, 3.8) is 0 Å². The zero-order chi connectivity index (χ0) is 22.2. The normalized spacial score (nSPS) is 10.7. The minimum atomic E-state index is -0.157. The Labute approximate surface area is 206 Å². The van der Waals surface area contributed by atoms with Crippen LogP contribution in [0.25, 0.3) is 0 Å². The van der Waals surface area contributed by atoms with Crippen molar-refractivity contribution in [2.75, 3.05) is 17.6 Å². The third kappa shape index (κ3) is 7.76. The largest absolute Gasteiger partial charge is 0.352 e. The lowest BCUT2D eigenvalue weighted by molar-refractivity contribution is -0.113. The molecule has 0 aliphatic rings. The first-order chi connectivity index (χ1) is 14.9. The smallest absolute Gasteiger partial charge is 0.251 e. The van der Waals surface area contributed by atoms with E-state index in [1.165, 1.54) is 23.1 Å². The Morgan fingerprint density at radius 3 is 2.71 bits per heavy atom. The van der Waals surface area contributed by atoms with E-state index in [1.807, 2.05) is 18.2 Å². The van der Waals surface area contributed by atoms with Gasteiger partial charge in [0.25, 0.3) is 5.91 Å². The fraction of sp³-hybridized carbons (Fsp3) is 0.200. The van der Waals surface area contributed by atoms with Gasteiger partial charge in [0, 0.05) is 28.8 Å². The Morgan fingerprint density at radius 2 is 1.94 bits per heavy atom. The van der Waals surface area contributed by atoms with E-state index in [0.717, 1.165) is 15.0 Å². The maximum absolute atomic E-state index is 12.1.